The summed E-state index contributed by atoms with van der Waals surface area (Å²) in [7, 11) is 0. The number of hydrogen-bond acceptors (Lipinski definition) is 6. The molecule has 7 nitrogen and oxygen atoms in total. The molecule has 2 saturated heterocycles. The van der Waals surface area contributed by atoms with Gasteiger partial charge < -0.3 is 15.1 Å². The van der Waals surface area contributed by atoms with Crippen LogP contribution in [0.1, 0.15) is 6.42 Å². The van der Waals surface area contributed by atoms with E-state index in [4.69, 9.17) is 16.6 Å². The highest BCUT2D eigenvalue weighted by molar-refractivity contribution is 6.31. The second-order valence-electron chi connectivity index (χ2n) is 7.38. The van der Waals surface area contributed by atoms with E-state index in [-0.39, 0.29) is 28.7 Å². The summed E-state index contributed by atoms with van der Waals surface area (Å²) in [5, 5.41) is 3.01. The lowest BCUT2D eigenvalue weighted by atomic mass is 10.2. The number of anilines is 3. The molecule has 152 valence electrons. The molecule has 2 atom stereocenters. The molecule has 9 heteroatoms. The van der Waals surface area contributed by atoms with Crippen molar-refractivity contribution in [3.63, 3.8) is 0 Å². The van der Waals surface area contributed by atoms with Crippen molar-refractivity contribution >= 4 is 45.9 Å². The van der Waals surface area contributed by atoms with Gasteiger partial charge in [-0.2, -0.15) is 0 Å². The van der Waals surface area contributed by atoms with Gasteiger partial charge in [-0.3, -0.25) is 4.79 Å². The van der Waals surface area contributed by atoms with Crippen molar-refractivity contribution in [2.24, 2.45) is 0 Å². The van der Waals surface area contributed by atoms with Gasteiger partial charge in [0.2, 0.25) is 5.91 Å². The molecule has 0 spiro atoms. The summed E-state index contributed by atoms with van der Waals surface area (Å²) in [6, 6.07) is 8.88. The number of benzene rings is 1. The molecule has 2 aliphatic heterocycles. The van der Waals surface area contributed by atoms with Gasteiger partial charge in [0.1, 0.15) is 17.7 Å². The third kappa shape index (κ3) is 3.04. The fourth-order valence-corrected chi connectivity index (χ4v) is 4.42. The third-order valence-electron chi connectivity index (χ3n) is 5.66. The van der Waals surface area contributed by atoms with E-state index in [1.165, 1.54) is 18.5 Å². The van der Waals surface area contributed by atoms with Gasteiger partial charge in [0.15, 0.2) is 11.6 Å². The maximum absolute atomic E-state index is 14.3. The van der Waals surface area contributed by atoms with Gasteiger partial charge in [-0.25, -0.2) is 19.3 Å². The second-order valence-corrected chi connectivity index (χ2v) is 7.78. The van der Waals surface area contributed by atoms with Crippen LogP contribution in [0, 0.1) is 5.82 Å². The smallest absolute Gasteiger partial charge is 0.246 e. The largest absolute Gasteiger partial charge is 0.350 e. The van der Waals surface area contributed by atoms with Gasteiger partial charge in [-0.1, -0.05) is 24.2 Å². The molecular formula is C21H18ClFN6O. The number of rotatable bonds is 4. The van der Waals surface area contributed by atoms with Crippen molar-refractivity contribution < 1.29 is 9.18 Å². The van der Waals surface area contributed by atoms with Crippen LogP contribution in [0.25, 0.3) is 11.0 Å². The molecule has 2 aliphatic rings. The molecule has 0 radical (unpaired) electrons. The Balaban J connectivity index is 1.47. The van der Waals surface area contributed by atoms with Crippen molar-refractivity contribution in [1.29, 1.82) is 0 Å². The lowest BCUT2D eigenvalue weighted by Gasteiger charge is -2.34. The molecule has 1 aromatic carbocycles. The number of pyridine rings is 1. The lowest BCUT2D eigenvalue weighted by Crippen LogP contribution is -2.48. The van der Waals surface area contributed by atoms with Gasteiger partial charge in [-0.05, 0) is 36.8 Å². The lowest BCUT2D eigenvalue weighted by molar-refractivity contribution is -0.127. The highest BCUT2D eigenvalue weighted by atomic mass is 35.5. The summed E-state index contributed by atoms with van der Waals surface area (Å²) >= 11 is 5.89. The number of hydrogen-bond donors (Lipinski definition) is 1. The van der Waals surface area contributed by atoms with Crippen molar-refractivity contribution in [3.05, 3.63) is 60.2 Å². The Morgan fingerprint density at radius 3 is 2.87 bits per heavy atom. The van der Waals surface area contributed by atoms with Gasteiger partial charge >= 0.3 is 0 Å². The summed E-state index contributed by atoms with van der Waals surface area (Å²) in [6.07, 6.45) is 3.68. The molecule has 3 aromatic rings. The van der Waals surface area contributed by atoms with Crippen LogP contribution < -0.4 is 10.2 Å². The van der Waals surface area contributed by atoms with E-state index >= 15 is 0 Å². The maximum atomic E-state index is 14.3. The predicted molar refractivity (Wildman–Crippen MR) is 113 cm³/mol. The summed E-state index contributed by atoms with van der Waals surface area (Å²) in [5.74, 6) is 0.601. The molecule has 1 amide bonds. The molecule has 30 heavy (non-hydrogen) atoms. The van der Waals surface area contributed by atoms with Crippen LogP contribution in [0.2, 0.25) is 5.02 Å². The van der Waals surface area contributed by atoms with E-state index in [0.29, 0.717) is 29.9 Å². The highest BCUT2D eigenvalue weighted by Crippen LogP contribution is 2.35. The SMILES string of the molecule is C=CC(=O)N1C[C@H]2C[C@@H]1CN2c1ccc2ncnc(Nc3cccc(Cl)c3F)c2n1. The van der Waals surface area contributed by atoms with Crippen molar-refractivity contribution in [1.82, 2.24) is 19.9 Å². The minimum atomic E-state index is -0.550. The fraction of sp³-hybridized carbons (Fsp3) is 0.238. The number of halogens is 2. The summed E-state index contributed by atoms with van der Waals surface area (Å²) < 4.78 is 14.3. The Kier molecular flexibility index (Phi) is 4.51. The number of carbonyl (C=O) groups is 1. The zero-order chi connectivity index (χ0) is 20.8. The normalized spacial score (nSPS) is 20.1. The average molecular weight is 425 g/mol. The van der Waals surface area contributed by atoms with Crippen LogP contribution in [-0.4, -0.2) is 50.9 Å². The Labute approximate surface area is 177 Å². The van der Waals surface area contributed by atoms with Crippen LogP contribution in [0.4, 0.5) is 21.7 Å². The third-order valence-corrected chi connectivity index (χ3v) is 5.96. The number of likely N-dealkylation sites (tertiary alicyclic amines) is 1. The van der Waals surface area contributed by atoms with Gasteiger partial charge in [0, 0.05) is 13.1 Å². The fourth-order valence-electron chi connectivity index (χ4n) is 4.24. The summed E-state index contributed by atoms with van der Waals surface area (Å²) in [5.41, 5.74) is 1.40. The molecule has 4 heterocycles. The van der Waals surface area contributed by atoms with E-state index < -0.39 is 5.82 Å². The van der Waals surface area contributed by atoms with Crippen LogP contribution in [-0.2, 0) is 4.79 Å². The molecule has 1 N–H and O–H groups in total. The van der Waals surface area contributed by atoms with Crippen LogP contribution in [0.3, 0.4) is 0 Å². The number of piperazine rings is 1. The molecule has 5 rings (SSSR count). The summed E-state index contributed by atoms with van der Waals surface area (Å²) in [4.78, 5) is 29.4. The number of nitrogens with zero attached hydrogens (tertiary/aromatic N) is 5. The van der Waals surface area contributed by atoms with E-state index in [2.05, 4.69) is 26.8 Å². The summed E-state index contributed by atoms with van der Waals surface area (Å²) in [6.45, 7) is 4.95. The van der Waals surface area contributed by atoms with Crippen LogP contribution in [0.15, 0.2) is 49.3 Å². The minimum Gasteiger partial charge on any atom is -0.350 e. The van der Waals surface area contributed by atoms with E-state index in [9.17, 15) is 9.18 Å². The Morgan fingerprint density at radius 2 is 2.10 bits per heavy atom. The zero-order valence-electron chi connectivity index (χ0n) is 15.9. The first kappa shape index (κ1) is 18.7. The van der Waals surface area contributed by atoms with Crippen LogP contribution in [0.5, 0.6) is 0 Å². The maximum Gasteiger partial charge on any atom is 0.246 e. The van der Waals surface area contributed by atoms with Crippen molar-refractivity contribution in [2.75, 3.05) is 23.3 Å². The Morgan fingerprint density at radius 1 is 1.23 bits per heavy atom. The highest BCUT2D eigenvalue weighted by Gasteiger charge is 2.45. The second kappa shape index (κ2) is 7.21. The number of aromatic nitrogens is 3. The topological polar surface area (TPSA) is 74.2 Å². The average Bonchev–Trinajstić information content (AvgIpc) is 3.37. The molecule has 2 bridgehead atoms. The first-order valence-corrected chi connectivity index (χ1v) is 9.95. The molecular weight excluding hydrogens is 407 g/mol. The number of nitrogens with one attached hydrogen (secondary N) is 1. The van der Waals surface area contributed by atoms with E-state index in [1.807, 2.05) is 17.0 Å². The van der Waals surface area contributed by atoms with E-state index in [0.717, 1.165) is 12.2 Å². The number of fused-ring (bicyclic) bond motifs is 3. The monoisotopic (exact) mass is 424 g/mol. The van der Waals surface area contributed by atoms with Crippen molar-refractivity contribution in [3.8, 4) is 0 Å². The molecule has 0 saturated carbocycles. The molecule has 2 fully saturated rings. The zero-order valence-corrected chi connectivity index (χ0v) is 16.7. The standard InChI is InChI=1S/C21H18ClFN6O/c1-2-18(30)29-10-12-8-13(29)9-28(12)17-7-6-16-20(27-17)21(25-11-24-16)26-15-5-3-4-14(22)19(15)23/h2-7,11-13H,1,8-10H2,(H,24,25,26)/t12-,13-/m1/s1. The molecule has 0 unspecified atom stereocenters. The minimum absolute atomic E-state index is 0.0266. The quantitative estimate of drug-likeness (QED) is 0.646. The van der Waals surface area contributed by atoms with Gasteiger partial charge in [0.25, 0.3) is 0 Å². The van der Waals surface area contributed by atoms with Gasteiger partial charge in [0.05, 0.1) is 28.3 Å². The van der Waals surface area contributed by atoms with Crippen LogP contribution >= 0.6 is 11.6 Å². The first-order chi connectivity index (χ1) is 14.5. The molecule has 0 aliphatic carbocycles. The number of amides is 1. The molecule has 2 aromatic heterocycles. The van der Waals surface area contributed by atoms with Crippen molar-refractivity contribution in [2.45, 2.75) is 18.5 Å². The Hall–Kier alpha value is -3.26. The van der Waals surface area contributed by atoms with E-state index in [1.54, 1.807) is 12.1 Å². The predicted octanol–water partition coefficient (Wildman–Crippen LogP) is 3.54. The first-order valence-electron chi connectivity index (χ1n) is 9.57. The number of carbonyl (C=O) groups excluding carboxylic acids is 1. The van der Waals surface area contributed by atoms with Gasteiger partial charge in [-0.15, -0.1) is 0 Å². The Bertz CT molecular complexity index is 1170.